The molecule has 3 aromatic carbocycles. The van der Waals surface area contributed by atoms with Crippen LogP contribution >= 0.6 is 11.6 Å². The molecule has 1 heterocycles. The number of oxazole rings is 1. The van der Waals surface area contributed by atoms with Crippen LogP contribution in [0, 0.1) is 0 Å². The van der Waals surface area contributed by atoms with E-state index in [1.165, 1.54) is 12.1 Å². The molecule has 0 aliphatic carbocycles. The van der Waals surface area contributed by atoms with Gasteiger partial charge in [0.1, 0.15) is 5.52 Å². The third-order valence-corrected chi connectivity index (χ3v) is 5.98. The van der Waals surface area contributed by atoms with Crippen molar-refractivity contribution in [3.05, 3.63) is 88.8 Å². The van der Waals surface area contributed by atoms with E-state index in [1.807, 2.05) is 0 Å². The summed E-state index contributed by atoms with van der Waals surface area (Å²) >= 11 is 6.21. The van der Waals surface area contributed by atoms with Gasteiger partial charge >= 0.3 is 5.97 Å². The lowest BCUT2D eigenvalue weighted by atomic mass is 9.98. The first-order valence-corrected chi connectivity index (χ1v) is 11.8. The van der Waals surface area contributed by atoms with E-state index in [-0.39, 0.29) is 23.4 Å². The Balaban J connectivity index is 1.43. The van der Waals surface area contributed by atoms with Crippen molar-refractivity contribution in [2.24, 2.45) is 0 Å². The summed E-state index contributed by atoms with van der Waals surface area (Å²) in [6.07, 6.45) is 0.268. The van der Waals surface area contributed by atoms with Crippen LogP contribution in [-0.4, -0.2) is 46.2 Å². The van der Waals surface area contributed by atoms with Crippen molar-refractivity contribution in [2.75, 3.05) is 6.54 Å². The molecule has 3 N–H and O–H groups in total. The predicted octanol–water partition coefficient (Wildman–Crippen LogP) is 4.35. The molecule has 9 nitrogen and oxygen atoms in total. The maximum atomic E-state index is 12.8. The van der Waals surface area contributed by atoms with Gasteiger partial charge < -0.3 is 20.2 Å². The number of carbonyl (C=O) groups is 4. The lowest BCUT2D eigenvalue weighted by Gasteiger charge is -2.15. The second kappa shape index (κ2) is 11.0. The second-order valence-corrected chi connectivity index (χ2v) is 8.51. The number of benzene rings is 3. The number of ketones is 1. The Morgan fingerprint density at radius 3 is 2.43 bits per heavy atom. The molecule has 2 amide bonds. The maximum absolute atomic E-state index is 12.8. The van der Waals surface area contributed by atoms with E-state index in [2.05, 4.69) is 15.6 Å². The number of nitrogens with one attached hydrogen (secondary N) is 2. The van der Waals surface area contributed by atoms with E-state index in [0.29, 0.717) is 27.2 Å². The fraction of sp³-hybridized carbons (Fsp3) is 0.148. The van der Waals surface area contributed by atoms with Crippen LogP contribution < -0.4 is 10.6 Å². The van der Waals surface area contributed by atoms with Gasteiger partial charge in [-0.2, -0.15) is 0 Å². The minimum absolute atomic E-state index is 0.120. The number of aromatic nitrogens is 1. The molecule has 0 spiro atoms. The molecular weight excluding hydrogens is 498 g/mol. The molecule has 0 bridgehead atoms. The van der Waals surface area contributed by atoms with Crippen molar-refractivity contribution in [1.29, 1.82) is 0 Å². The van der Waals surface area contributed by atoms with Crippen LogP contribution in [0.1, 0.15) is 44.7 Å². The first-order valence-electron chi connectivity index (χ1n) is 11.4. The fourth-order valence-electron chi connectivity index (χ4n) is 3.76. The van der Waals surface area contributed by atoms with Crippen molar-refractivity contribution >= 4 is 46.3 Å². The molecule has 1 aromatic heterocycles. The van der Waals surface area contributed by atoms with E-state index >= 15 is 0 Å². The molecule has 0 fully saturated rings. The molecule has 0 saturated carbocycles. The number of amides is 2. The number of hydrogen-bond acceptors (Lipinski definition) is 6. The molecule has 10 heteroatoms. The van der Waals surface area contributed by atoms with Crippen LogP contribution in [0.15, 0.2) is 71.1 Å². The summed E-state index contributed by atoms with van der Waals surface area (Å²) in [6.45, 7) is 1.24. The quantitative estimate of drug-likeness (QED) is 0.279. The monoisotopic (exact) mass is 519 g/mol. The summed E-state index contributed by atoms with van der Waals surface area (Å²) in [4.78, 5) is 54.0. The molecule has 1 atom stereocenters. The predicted molar refractivity (Wildman–Crippen MR) is 137 cm³/mol. The first-order chi connectivity index (χ1) is 17.8. The fourth-order valence-corrected chi connectivity index (χ4v) is 4.01. The third kappa shape index (κ3) is 5.68. The molecule has 4 rings (SSSR count). The van der Waals surface area contributed by atoms with Gasteiger partial charge in [-0.15, -0.1) is 0 Å². The molecule has 188 valence electrons. The Bertz CT molecular complexity index is 1480. The lowest BCUT2D eigenvalue weighted by molar-refractivity contribution is -0.120. The largest absolute Gasteiger partial charge is 0.478 e. The van der Waals surface area contributed by atoms with Crippen molar-refractivity contribution in [3.8, 4) is 11.1 Å². The number of carboxylic acid groups (broad SMARTS) is 1. The highest BCUT2D eigenvalue weighted by atomic mass is 35.5. The number of halogens is 1. The topological polar surface area (TPSA) is 139 Å². The van der Waals surface area contributed by atoms with E-state index in [0.717, 1.165) is 0 Å². The third-order valence-electron chi connectivity index (χ3n) is 5.65. The Morgan fingerprint density at radius 2 is 1.73 bits per heavy atom. The van der Waals surface area contributed by atoms with E-state index in [4.69, 9.17) is 16.0 Å². The minimum Gasteiger partial charge on any atom is -0.478 e. The zero-order valence-corrected chi connectivity index (χ0v) is 20.4. The Morgan fingerprint density at radius 1 is 1.00 bits per heavy atom. The summed E-state index contributed by atoms with van der Waals surface area (Å²) in [5.74, 6) is -3.31. The number of carboxylic acids is 1. The van der Waals surface area contributed by atoms with Gasteiger partial charge in [0.25, 0.3) is 11.8 Å². The van der Waals surface area contributed by atoms with Crippen molar-refractivity contribution < 1.29 is 28.7 Å². The molecule has 0 radical (unpaired) electrons. The van der Waals surface area contributed by atoms with Crippen LogP contribution in [-0.2, 0) is 4.79 Å². The molecule has 0 aliphatic rings. The summed E-state index contributed by atoms with van der Waals surface area (Å²) < 4.78 is 5.49. The Hall–Kier alpha value is -4.50. The summed E-state index contributed by atoms with van der Waals surface area (Å²) in [5.41, 5.74) is 1.76. The Kier molecular flexibility index (Phi) is 7.64. The lowest BCUT2D eigenvalue weighted by Crippen LogP contribution is -2.45. The number of nitrogens with zero attached hydrogens (tertiary/aromatic N) is 1. The van der Waals surface area contributed by atoms with Crippen LogP contribution in [0.25, 0.3) is 22.2 Å². The van der Waals surface area contributed by atoms with E-state index in [9.17, 15) is 24.3 Å². The minimum atomic E-state index is -1.31. The molecular formula is C27H22ClN3O6. The molecule has 37 heavy (non-hydrogen) atoms. The van der Waals surface area contributed by atoms with Crippen molar-refractivity contribution in [1.82, 2.24) is 15.6 Å². The number of fused-ring (bicyclic) bond motifs is 1. The zero-order chi connectivity index (χ0) is 26.5. The van der Waals surface area contributed by atoms with Gasteiger partial charge in [-0.3, -0.25) is 14.4 Å². The number of rotatable bonds is 9. The average molecular weight is 520 g/mol. The summed E-state index contributed by atoms with van der Waals surface area (Å²) in [6, 6.07) is 17.2. The van der Waals surface area contributed by atoms with Crippen LogP contribution in [0.5, 0.6) is 0 Å². The molecule has 4 aromatic rings. The van der Waals surface area contributed by atoms with Gasteiger partial charge in [-0.1, -0.05) is 54.9 Å². The van der Waals surface area contributed by atoms with Gasteiger partial charge in [0, 0.05) is 10.6 Å². The van der Waals surface area contributed by atoms with E-state index in [1.54, 1.807) is 61.5 Å². The van der Waals surface area contributed by atoms with Gasteiger partial charge in [0.05, 0.1) is 23.7 Å². The van der Waals surface area contributed by atoms with Gasteiger partial charge in [-0.25, -0.2) is 9.78 Å². The van der Waals surface area contributed by atoms with Crippen molar-refractivity contribution in [3.63, 3.8) is 0 Å². The second-order valence-electron chi connectivity index (χ2n) is 8.11. The van der Waals surface area contributed by atoms with Crippen LogP contribution in [0.3, 0.4) is 0 Å². The highest BCUT2D eigenvalue weighted by Gasteiger charge is 2.26. The number of hydrogen-bond donors (Lipinski definition) is 3. The highest BCUT2D eigenvalue weighted by molar-refractivity contribution is 6.33. The highest BCUT2D eigenvalue weighted by Crippen LogP contribution is 2.29. The van der Waals surface area contributed by atoms with Crippen LogP contribution in [0.2, 0.25) is 5.02 Å². The van der Waals surface area contributed by atoms with Gasteiger partial charge in [0.2, 0.25) is 11.7 Å². The summed E-state index contributed by atoms with van der Waals surface area (Å²) in [5, 5.41) is 15.1. The van der Waals surface area contributed by atoms with Gasteiger partial charge in [0.15, 0.2) is 5.58 Å². The number of aromatic carboxylic acids is 1. The number of carbonyl (C=O) groups excluding carboxylic acids is 3. The Labute approximate surface area is 216 Å². The maximum Gasteiger partial charge on any atom is 0.336 e. The number of para-hydroxylation sites is 2. The normalized spacial score (nSPS) is 11.6. The van der Waals surface area contributed by atoms with Gasteiger partial charge in [-0.05, 0) is 42.3 Å². The molecule has 0 unspecified atom stereocenters. The smallest absolute Gasteiger partial charge is 0.336 e. The zero-order valence-electron chi connectivity index (χ0n) is 19.7. The molecule has 0 saturated heterocycles. The van der Waals surface area contributed by atoms with E-state index < -0.39 is 36.2 Å². The van der Waals surface area contributed by atoms with Crippen LogP contribution in [0.4, 0.5) is 0 Å². The average Bonchev–Trinajstić information content (AvgIpc) is 3.34. The summed E-state index contributed by atoms with van der Waals surface area (Å²) in [7, 11) is 0. The number of Topliss-reactive ketones (excluding diaryl/α,β-unsaturated/α-hetero) is 1. The standard InChI is InChI=1S/C27H22ClN3O6/c1-2-20(24(33)26-31-21-9-5-6-10-22(21)37-26)30-23(32)14-29-25(34)17-12-11-15(13-18(17)27(35)36)16-7-3-4-8-19(16)28/h3-13,20H,2,14H2,1H3,(H,29,34)(H,30,32)(H,35,36)/t20-/m0/s1. The SMILES string of the molecule is CC[C@H](NC(=O)CNC(=O)c1ccc(-c2ccccc2Cl)cc1C(=O)O)C(=O)c1nc2ccccc2o1. The molecule has 0 aliphatic heterocycles. The van der Waals surface area contributed by atoms with Crippen molar-refractivity contribution in [2.45, 2.75) is 19.4 Å². The first kappa shape index (κ1) is 25.6.